The van der Waals surface area contributed by atoms with Gasteiger partial charge in [0.1, 0.15) is 18.1 Å². The number of urea groups is 1. The molecule has 0 radical (unpaired) electrons. The van der Waals surface area contributed by atoms with Gasteiger partial charge in [-0.05, 0) is 93.8 Å². The average Bonchev–Trinajstić information content (AvgIpc) is 3.88. The zero-order chi connectivity index (χ0) is 47.7. The number of carboxylic acid groups (broad SMARTS) is 3. The van der Waals surface area contributed by atoms with Crippen LogP contribution in [0, 0.1) is 0 Å². The van der Waals surface area contributed by atoms with Gasteiger partial charge < -0.3 is 41.1 Å². The summed E-state index contributed by atoms with van der Waals surface area (Å²) in [6.45, 7) is 12.3. The van der Waals surface area contributed by atoms with E-state index in [9.17, 15) is 43.8 Å². The molecular formula is C44H49ClN10O10. The van der Waals surface area contributed by atoms with Crippen LogP contribution in [0.1, 0.15) is 88.5 Å². The summed E-state index contributed by atoms with van der Waals surface area (Å²) < 4.78 is 2.05. The number of hydrogen-bond acceptors (Lipinski definition) is 10. The van der Waals surface area contributed by atoms with E-state index in [2.05, 4.69) is 31.5 Å². The summed E-state index contributed by atoms with van der Waals surface area (Å²) in [4.78, 5) is 94.8. The first-order valence-corrected chi connectivity index (χ1v) is 20.9. The van der Waals surface area contributed by atoms with Crippen molar-refractivity contribution in [3.05, 3.63) is 88.3 Å². The summed E-state index contributed by atoms with van der Waals surface area (Å²) in [5.74, 6) is -5.10. The maximum atomic E-state index is 14.9. The molecule has 65 heavy (non-hydrogen) atoms. The van der Waals surface area contributed by atoms with Gasteiger partial charge in [-0.3, -0.25) is 19.2 Å². The largest absolute Gasteiger partial charge is 0.481 e. The lowest BCUT2D eigenvalue weighted by atomic mass is 9.77. The van der Waals surface area contributed by atoms with E-state index in [0.717, 1.165) is 4.57 Å². The Morgan fingerprint density at radius 3 is 2.09 bits per heavy atom. The van der Waals surface area contributed by atoms with Crippen LogP contribution >= 0.6 is 11.6 Å². The molecule has 1 aliphatic rings. The first-order chi connectivity index (χ1) is 30.5. The number of piperazine rings is 1. The van der Waals surface area contributed by atoms with Gasteiger partial charge in [0.05, 0.1) is 16.9 Å². The van der Waals surface area contributed by atoms with Gasteiger partial charge >= 0.3 is 35.9 Å². The Morgan fingerprint density at radius 1 is 0.831 bits per heavy atom. The van der Waals surface area contributed by atoms with Crippen LogP contribution in [0.2, 0.25) is 5.02 Å². The first-order valence-electron chi connectivity index (χ1n) is 20.5. The van der Waals surface area contributed by atoms with E-state index < -0.39 is 70.4 Å². The minimum atomic E-state index is -1.50. The van der Waals surface area contributed by atoms with E-state index in [1.165, 1.54) is 39.0 Å². The number of aliphatic carboxylic acids is 1. The Kier molecular flexibility index (Phi) is 13.3. The minimum Gasteiger partial charge on any atom is -0.481 e. The number of anilines is 3. The lowest BCUT2D eigenvalue weighted by Gasteiger charge is -2.38. The van der Waals surface area contributed by atoms with Gasteiger partial charge in [0.25, 0.3) is 0 Å². The van der Waals surface area contributed by atoms with Crippen LogP contribution in [0.4, 0.5) is 26.7 Å². The normalized spacial score (nSPS) is 14.3. The Labute approximate surface area is 377 Å². The van der Waals surface area contributed by atoms with Crippen LogP contribution < -0.4 is 20.9 Å². The van der Waals surface area contributed by atoms with Gasteiger partial charge in [0.2, 0.25) is 5.91 Å². The highest BCUT2D eigenvalue weighted by Gasteiger charge is 2.42. The number of tetrazole rings is 1. The maximum Gasteiger partial charge on any atom is 0.416 e. The molecule has 5 aromatic rings. The van der Waals surface area contributed by atoms with E-state index in [-0.39, 0.29) is 59.8 Å². The number of nitrogens with one attached hydrogen (secondary N) is 3. The van der Waals surface area contributed by atoms with Crippen molar-refractivity contribution in [1.29, 1.82) is 0 Å². The predicted octanol–water partition coefficient (Wildman–Crippen LogP) is 5.89. The molecule has 6 rings (SSSR count). The smallest absolute Gasteiger partial charge is 0.416 e. The van der Waals surface area contributed by atoms with Gasteiger partial charge in [-0.25, -0.2) is 19.0 Å². The number of amides is 5. The molecule has 1 aliphatic heterocycles. The number of aromatic carboxylic acids is 1. The van der Waals surface area contributed by atoms with Crippen molar-refractivity contribution in [2.24, 2.45) is 0 Å². The molecule has 1 fully saturated rings. The number of hydrogen-bond donors (Lipinski definition) is 6. The molecule has 0 saturated carbocycles. The molecule has 0 bridgehead atoms. The number of aromatic nitrogens is 5. The van der Waals surface area contributed by atoms with Crippen molar-refractivity contribution in [3.63, 3.8) is 0 Å². The third kappa shape index (κ3) is 10.1. The van der Waals surface area contributed by atoms with Crippen LogP contribution in [-0.2, 0) is 36.4 Å². The maximum absolute atomic E-state index is 14.9. The number of rotatable bonds is 13. The van der Waals surface area contributed by atoms with E-state index in [4.69, 9.17) is 16.7 Å². The fraction of sp³-hybridized carbons (Fsp3) is 0.364. The molecule has 0 spiro atoms. The molecule has 6 N–H and O–H groups in total. The van der Waals surface area contributed by atoms with Gasteiger partial charge in [-0.15, -0.1) is 5.10 Å². The van der Waals surface area contributed by atoms with Crippen LogP contribution in [0.15, 0.2) is 60.9 Å². The summed E-state index contributed by atoms with van der Waals surface area (Å²) >= 11 is 6.36. The lowest BCUT2D eigenvalue weighted by Crippen LogP contribution is -2.60. The van der Waals surface area contributed by atoms with E-state index in [0.29, 0.717) is 27.9 Å². The van der Waals surface area contributed by atoms with Crippen molar-refractivity contribution >= 4 is 81.4 Å². The number of carboxylic acids is 2. The van der Waals surface area contributed by atoms with Crippen molar-refractivity contribution < 1.29 is 48.9 Å². The fourth-order valence-corrected chi connectivity index (χ4v) is 8.23. The monoisotopic (exact) mass is 912 g/mol. The highest BCUT2D eigenvalue weighted by molar-refractivity contribution is 6.41. The molecule has 2 unspecified atom stereocenters. The standard InChI is InChI=1S/C44H49ClN10O10/c1-23(8-17-32(56)57)47-41(63)48-26-12-9-24(10-13-26)20-31(53-19-18-52(38(59)39(53)60)30-21-25(45)11-15-28(30)54-22-46-50-51-54)37(58)49-27-14-16-29-33(34(27)43(2,3)4)35(44(5,6)7)36(40(61)62)55(29)42(64)65/h9-16,21-23,31H,8,17-20H2,1-7H3,(H,49,58)(H,56,57)(H,61,62)(H,64,65)(H2,47,48,63). The number of benzene rings is 3. The number of halogens is 1. The van der Waals surface area contributed by atoms with Crippen molar-refractivity contribution in [2.45, 2.75) is 90.6 Å². The summed E-state index contributed by atoms with van der Waals surface area (Å²) in [6.07, 6.45) is -0.197. The highest BCUT2D eigenvalue weighted by Crippen LogP contribution is 2.44. The second-order valence-corrected chi connectivity index (χ2v) is 18.1. The average molecular weight is 913 g/mol. The van der Waals surface area contributed by atoms with E-state index in [1.807, 2.05) is 20.8 Å². The Balaban J connectivity index is 1.39. The molecular weight excluding hydrogens is 864 g/mol. The number of fused-ring (bicyclic) bond motifs is 1. The second-order valence-electron chi connectivity index (χ2n) is 17.7. The third-order valence-electron chi connectivity index (χ3n) is 10.9. The Bertz CT molecular complexity index is 2700. The van der Waals surface area contributed by atoms with Gasteiger partial charge in [0, 0.05) is 53.8 Å². The predicted molar refractivity (Wildman–Crippen MR) is 239 cm³/mol. The summed E-state index contributed by atoms with van der Waals surface area (Å²) in [7, 11) is 0. The van der Waals surface area contributed by atoms with Crippen LogP contribution in [-0.4, -0.2) is 112 Å². The highest BCUT2D eigenvalue weighted by atomic mass is 35.5. The van der Waals surface area contributed by atoms with Crippen molar-refractivity contribution in [3.8, 4) is 5.69 Å². The van der Waals surface area contributed by atoms with E-state index >= 15 is 0 Å². The molecule has 0 aliphatic carbocycles. The number of carbonyl (C=O) groups is 7. The zero-order valence-corrected chi connectivity index (χ0v) is 37.4. The second kappa shape index (κ2) is 18.4. The fourth-order valence-electron chi connectivity index (χ4n) is 8.06. The Hall–Kier alpha value is -7.35. The molecule has 3 aromatic carbocycles. The van der Waals surface area contributed by atoms with Crippen LogP contribution in [0.5, 0.6) is 0 Å². The zero-order valence-electron chi connectivity index (χ0n) is 36.7. The summed E-state index contributed by atoms with van der Waals surface area (Å²) in [5, 5.41) is 49.9. The molecule has 2 aromatic heterocycles. The molecule has 342 valence electrons. The van der Waals surface area contributed by atoms with Gasteiger partial charge in [-0.1, -0.05) is 65.3 Å². The molecule has 21 heteroatoms. The number of nitrogens with zero attached hydrogens (tertiary/aromatic N) is 7. The first kappa shape index (κ1) is 47.1. The summed E-state index contributed by atoms with van der Waals surface area (Å²) in [6, 6.07) is 11.7. The van der Waals surface area contributed by atoms with Crippen molar-refractivity contribution in [1.82, 2.24) is 35.0 Å². The lowest BCUT2D eigenvalue weighted by molar-refractivity contribution is -0.149. The molecule has 5 amide bonds. The minimum absolute atomic E-state index is 0.0680. The van der Waals surface area contributed by atoms with Gasteiger partial charge in [0.15, 0.2) is 0 Å². The SMILES string of the molecule is CC(CCC(=O)O)NC(=O)Nc1ccc(CC(C(=O)Nc2ccc3c(c2C(C)(C)C)c(C(C)(C)C)c(C(=O)O)n3C(=O)O)N2CCN(c3cc(Cl)ccc3-n3cnnn3)C(=O)C2=O)cc1. The number of carbonyl (C=O) groups excluding carboxylic acids is 4. The Morgan fingerprint density at radius 2 is 1.51 bits per heavy atom. The van der Waals surface area contributed by atoms with E-state index in [1.54, 1.807) is 64.1 Å². The molecule has 2 atom stereocenters. The molecule has 20 nitrogen and oxygen atoms in total. The van der Waals surface area contributed by atoms with Crippen LogP contribution in [0.3, 0.4) is 0 Å². The molecule has 1 saturated heterocycles. The third-order valence-corrected chi connectivity index (χ3v) is 11.1. The quantitative estimate of drug-likeness (QED) is 0.0753. The topological polar surface area (TPSA) is 271 Å². The van der Waals surface area contributed by atoms with Gasteiger partial charge in [-0.2, -0.15) is 4.68 Å². The van der Waals surface area contributed by atoms with Crippen molar-refractivity contribution in [2.75, 3.05) is 28.6 Å². The molecule has 3 heterocycles. The van der Waals surface area contributed by atoms with Crippen LogP contribution in [0.25, 0.3) is 16.6 Å². The summed E-state index contributed by atoms with van der Waals surface area (Å²) in [5.41, 5.74) is 0.414.